The summed E-state index contributed by atoms with van der Waals surface area (Å²) in [6, 6.07) is 4.53. The van der Waals surface area contributed by atoms with E-state index >= 15 is 0 Å². The predicted octanol–water partition coefficient (Wildman–Crippen LogP) is 16.5. The van der Waals surface area contributed by atoms with E-state index in [4.69, 9.17) is 14.2 Å². The molecule has 5 unspecified atom stereocenters. The molecule has 0 amide bonds. The lowest BCUT2D eigenvalue weighted by atomic mass is 9.65. The van der Waals surface area contributed by atoms with Crippen LogP contribution in [0.4, 0.5) is 13.2 Å². The molecule has 1 saturated carbocycles. The maximum absolute atomic E-state index is 14.0. The van der Waals surface area contributed by atoms with Gasteiger partial charge in [0, 0.05) is 25.2 Å². The Hall–Kier alpha value is -3.11. The van der Waals surface area contributed by atoms with Gasteiger partial charge in [-0.25, -0.2) is 0 Å². The van der Waals surface area contributed by atoms with Crippen LogP contribution in [0.3, 0.4) is 0 Å². The van der Waals surface area contributed by atoms with Gasteiger partial charge in [-0.2, -0.15) is 13.2 Å². The number of aliphatic hydroxyl groups is 2. The van der Waals surface area contributed by atoms with Gasteiger partial charge < -0.3 is 24.4 Å². The summed E-state index contributed by atoms with van der Waals surface area (Å²) in [5.74, 6) is 1.11. The molecule has 10 atom stereocenters. The highest BCUT2D eigenvalue weighted by Crippen LogP contribution is 2.44. The zero-order valence-corrected chi connectivity index (χ0v) is 44.9. The fourth-order valence-electron chi connectivity index (χ4n) is 11.2. The third kappa shape index (κ3) is 25.0. The second-order valence-electron chi connectivity index (χ2n) is 20.3. The van der Waals surface area contributed by atoms with Crippen LogP contribution in [-0.2, 0) is 25.2 Å². The lowest BCUT2D eigenvalue weighted by molar-refractivity contribution is -0.152. The molecule has 1 aromatic rings. The Kier molecular flexibility index (Phi) is 33.9. The van der Waals surface area contributed by atoms with Crippen molar-refractivity contribution in [2.45, 2.75) is 240 Å². The number of ether oxygens (including phenoxy) is 3. The van der Waals surface area contributed by atoms with E-state index in [1.165, 1.54) is 95.3 Å². The Bertz CT molecular complexity index is 1590. The first-order chi connectivity index (χ1) is 33.8. The summed E-state index contributed by atoms with van der Waals surface area (Å²) in [7, 11) is 0. The number of esters is 2. The maximum Gasteiger partial charge on any atom is 0.416 e. The number of allylic oxidation sites excluding steroid dienone is 4. The minimum Gasteiger partial charge on any atom is -0.491 e. The first-order valence-corrected chi connectivity index (χ1v) is 28.3. The largest absolute Gasteiger partial charge is 0.491 e. The number of carbonyl (C=O) groups excluding carboxylic acids is 2. The minimum atomic E-state index is -4.52. The van der Waals surface area contributed by atoms with Crippen LogP contribution in [0.5, 0.6) is 5.75 Å². The van der Waals surface area contributed by atoms with Gasteiger partial charge >= 0.3 is 18.1 Å². The molecule has 0 spiro atoms. The number of hydrogen-bond acceptors (Lipinski definition) is 7. The van der Waals surface area contributed by atoms with Crippen molar-refractivity contribution in [1.29, 1.82) is 0 Å². The van der Waals surface area contributed by atoms with Crippen LogP contribution in [-0.4, -0.2) is 53.7 Å². The fourth-order valence-corrected chi connectivity index (χ4v) is 11.2. The van der Waals surface area contributed by atoms with Crippen LogP contribution in [0.15, 0.2) is 60.7 Å². The summed E-state index contributed by atoms with van der Waals surface area (Å²) in [6.07, 6.45) is 30.9. The average molecular weight is 989 g/mol. The lowest BCUT2D eigenvalue weighted by Gasteiger charge is -2.40. The molecule has 70 heavy (non-hydrogen) atoms. The van der Waals surface area contributed by atoms with Crippen LogP contribution in [0.25, 0.3) is 0 Å². The molecule has 402 valence electrons. The highest BCUT2D eigenvalue weighted by atomic mass is 19.4. The third-order valence-electron chi connectivity index (χ3n) is 15.2. The molecule has 0 heterocycles. The van der Waals surface area contributed by atoms with Gasteiger partial charge in [0.2, 0.25) is 0 Å². The first kappa shape index (κ1) is 63.0. The average Bonchev–Trinajstić information content (AvgIpc) is 3.64. The van der Waals surface area contributed by atoms with Crippen molar-refractivity contribution < 1.29 is 47.2 Å². The van der Waals surface area contributed by atoms with E-state index in [0.29, 0.717) is 62.4 Å². The van der Waals surface area contributed by atoms with Gasteiger partial charge in [-0.3, -0.25) is 9.59 Å². The molecule has 1 aromatic carbocycles. The van der Waals surface area contributed by atoms with Gasteiger partial charge in [-0.15, -0.1) is 0 Å². The van der Waals surface area contributed by atoms with Crippen LogP contribution in [0.1, 0.15) is 221 Å². The Balaban J connectivity index is 2.01. The number of aliphatic hydroxyl groups excluding tert-OH is 2. The van der Waals surface area contributed by atoms with Crippen molar-refractivity contribution in [2.24, 2.45) is 41.4 Å². The zero-order valence-electron chi connectivity index (χ0n) is 44.9. The molecule has 0 aliphatic heterocycles. The molecule has 0 saturated heterocycles. The minimum absolute atomic E-state index is 0.0115. The maximum atomic E-state index is 14.0. The highest BCUT2D eigenvalue weighted by Gasteiger charge is 2.43. The number of alkyl halides is 3. The second-order valence-corrected chi connectivity index (χ2v) is 20.3. The molecule has 10 heteroatoms. The van der Waals surface area contributed by atoms with Crippen LogP contribution >= 0.6 is 0 Å². The Morgan fingerprint density at radius 3 is 1.94 bits per heavy atom. The van der Waals surface area contributed by atoms with E-state index in [9.17, 15) is 33.0 Å². The number of hydrogen-bond donors (Lipinski definition) is 2. The summed E-state index contributed by atoms with van der Waals surface area (Å²) < 4.78 is 57.3. The third-order valence-corrected chi connectivity index (χ3v) is 15.2. The van der Waals surface area contributed by atoms with Gasteiger partial charge in [-0.05, 0) is 105 Å². The van der Waals surface area contributed by atoms with Crippen LogP contribution in [0.2, 0.25) is 0 Å². The van der Waals surface area contributed by atoms with Gasteiger partial charge in [0.1, 0.15) is 24.6 Å². The normalized spacial score (nSPS) is 20.2. The molecule has 0 aromatic heterocycles. The molecule has 7 nitrogen and oxygen atoms in total. The molecular weight excluding hydrogens is 890 g/mol. The molecular formula is C60H99F3O7. The Labute approximate surface area is 424 Å². The van der Waals surface area contributed by atoms with Crippen LogP contribution < -0.4 is 4.74 Å². The van der Waals surface area contributed by atoms with E-state index in [1.54, 1.807) is 6.08 Å². The number of carbonyl (C=O) groups is 2. The summed E-state index contributed by atoms with van der Waals surface area (Å²) in [6.45, 7) is 16.0. The number of benzene rings is 1. The van der Waals surface area contributed by atoms with E-state index < -0.39 is 36.0 Å². The molecule has 1 aliphatic rings. The zero-order chi connectivity index (χ0) is 51.6. The molecule has 1 aliphatic carbocycles. The van der Waals surface area contributed by atoms with Crippen molar-refractivity contribution in [1.82, 2.24) is 0 Å². The van der Waals surface area contributed by atoms with Gasteiger partial charge in [-0.1, -0.05) is 187 Å². The number of unbranched alkanes of at least 4 members (excludes halogenated alkanes) is 12. The molecule has 0 bridgehead atoms. The van der Waals surface area contributed by atoms with E-state index in [1.807, 2.05) is 12.2 Å². The number of halogens is 3. The summed E-state index contributed by atoms with van der Waals surface area (Å²) in [5, 5.41) is 22.4. The molecule has 2 rings (SSSR count). The van der Waals surface area contributed by atoms with Gasteiger partial charge in [0.15, 0.2) is 0 Å². The fraction of sp³-hybridized carbons (Fsp3) is 0.767. The smallest absolute Gasteiger partial charge is 0.416 e. The van der Waals surface area contributed by atoms with Crippen molar-refractivity contribution in [3.05, 3.63) is 66.3 Å². The number of rotatable bonds is 40. The van der Waals surface area contributed by atoms with Gasteiger partial charge in [0.25, 0.3) is 0 Å². The van der Waals surface area contributed by atoms with Crippen molar-refractivity contribution in [2.75, 3.05) is 13.2 Å². The summed E-state index contributed by atoms with van der Waals surface area (Å²) >= 11 is 0. The SMILES string of the molecule is CCCCCC/C=C/CCCCCCCCOC(=O)CCC/C=C\C[C@@H]1[C@@H](/C=C/[C@@H](O)COc2cccc(C(F)(F)F)c2)[C@H](OC(=O)CC(CC)C(CC)C(CC)C(CC)C(CC)CCCC)C[C@@H]1O. The van der Waals surface area contributed by atoms with Crippen LogP contribution in [0, 0.1) is 41.4 Å². The Morgan fingerprint density at radius 2 is 1.31 bits per heavy atom. The predicted molar refractivity (Wildman–Crippen MR) is 281 cm³/mol. The quantitative estimate of drug-likeness (QED) is 0.0384. The Morgan fingerprint density at radius 1 is 0.714 bits per heavy atom. The topological polar surface area (TPSA) is 102 Å². The standard InChI is InChI=1S/C60H99F3O7/c1-8-15-17-18-19-20-21-22-23-24-25-26-29-32-41-68-58(66)38-31-28-27-30-37-54-55(40-39-49(64)45-69-50-36-33-35-48(43-50)60(61,62)63)57(44-56(54)65)70-59(67)42-47(11-4)52(13-6)53(14-7)51(12-5)46(10-3)34-16-9-2/h20-21,27,30,33,35-36,39-40,43,46-47,49,51-57,64-65H,8-19,22-26,28-29,31-32,34,37-38,41-42,44-45H2,1-7H3/b21-20+,30-27-,40-39+/t46?,47?,49-,51?,52?,53?,54-,55-,56+,57-/m1/s1. The second kappa shape index (κ2) is 37.6. The van der Waals surface area contributed by atoms with E-state index in [-0.39, 0.29) is 42.6 Å². The van der Waals surface area contributed by atoms with E-state index in [0.717, 1.165) is 63.5 Å². The summed E-state index contributed by atoms with van der Waals surface area (Å²) in [5.41, 5.74) is -0.840. The molecule has 0 radical (unpaired) electrons. The monoisotopic (exact) mass is 989 g/mol. The van der Waals surface area contributed by atoms with Crippen molar-refractivity contribution >= 4 is 11.9 Å². The molecule has 1 fully saturated rings. The summed E-state index contributed by atoms with van der Waals surface area (Å²) in [4.78, 5) is 26.4. The van der Waals surface area contributed by atoms with Crippen molar-refractivity contribution in [3.63, 3.8) is 0 Å². The van der Waals surface area contributed by atoms with Gasteiger partial charge in [0.05, 0.1) is 18.3 Å². The van der Waals surface area contributed by atoms with Crippen molar-refractivity contribution in [3.8, 4) is 5.75 Å². The highest BCUT2D eigenvalue weighted by molar-refractivity contribution is 5.70. The van der Waals surface area contributed by atoms with E-state index in [2.05, 4.69) is 60.6 Å². The molecule has 2 N–H and O–H groups in total. The lowest BCUT2D eigenvalue weighted by Crippen LogP contribution is -2.34. The first-order valence-electron chi connectivity index (χ1n) is 28.3.